The van der Waals surface area contributed by atoms with Gasteiger partial charge in [0.25, 0.3) is 0 Å². The molecule has 0 unspecified atom stereocenters. The van der Waals surface area contributed by atoms with Crippen LogP contribution in [-0.2, 0) is 0 Å². The van der Waals surface area contributed by atoms with E-state index in [2.05, 4.69) is 42.5 Å². The maximum atomic E-state index is 5.87. The Labute approximate surface area is 96.0 Å². The molecule has 2 aromatic rings. The van der Waals surface area contributed by atoms with Crippen LogP contribution in [0.4, 0.5) is 0 Å². The van der Waals surface area contributed by atoms with Gasteiger partial charge in [0.15, 0.2) is 0 Å². The van der Waals surface area contributed by atoms with Gasteiger partial charge in [-0.1, -0.05) is 49.2 Å². The molecule has 1 aliphatic carbocycles. The summed E-state index contributed by atoms with van der Waals surface area (Å²) in [4.78, 5) is 0. The number of fused-ring (bicyclic) bond motifs is 1. The Morgan fingerprint density at radius 2 is 1.81 bits per heavy atom. The normalized spacial score (nSPS) is 15.2. The molecule has 0 heterocycles. The van der Waals surface area contributed by atoms with Gasteiger partial charge in [0.2, 0.25) is 0 Å². The highest BCUT2D eigenvalue weighted by Gasteiger charge is 2.20. The Morgan fingerprint density at radius 1 is 1.00 bits per heavy atom. The fraction of sp³-hybridized carbons (Fsp3) is 0.333. The maximum Gasteiger partial charge on any atom is 0.127 e. The summed E-state index contributed by atoms with van der Waals surface area (Å²) in [5.74, 6) is 1.97. The minimum absolute atomic E-state index is 0.860. The Morgan fingerprint density at radius 3 is 2.69 bits per heavy atom. The zero-order valence-corrected chi connectivity index (χ0v) is 9.36. The molecule has 1 heteroatoms. The first-order chi connectivity index (χ1) is 7.93. The number of hydrogen-bond acceptors (Lipinski definition) is 1. The van der Waals surface area contributed by atoms with Crippen molar-refractivity contribution in [2.45, 2.75) is 19.3 Å². The first kappa shape index (κ1) is 9.71. The topological polar surface area (TPSA) is 9.23 Å². The fourth-order valence-electron chi connectivity index (χ4n) is 2.06. The van der Waals surface area contributed by atoms with Crippen molar-refractivity contribution >= 4 is 10.8 Å². The predicted octanol–water partition coefficient (Wildman–Crippen LogP) is 4.02. The third kappa shape index (κ3) is 2.04. The summed E-state index contributed by atoms with van der Waals surface area (Å²) in [6.45, 7) is 0.860. The van der Waals surface area contributed by atoms with Gasteiger partial charge in [0, 0.05) is 5.39 Å². The molecule has 1 aliphatic rings. The molecule has 0 atom stereocenters. The van der Waals surface area contributed by atoms with Gasteiger partial charge in [-0.2, -0.15) is 0 Å². The molecule has 1 nitrogen and oxygen atoms in total. The summed E-state index contributed by atoms with van der Waals surface area (Å²) in [7, 11) is 0. The van der Waals surface area contributed by atoms with Gasteiger partial charge in [-0.3, -0.25) is 0 Å². The molecule has 0 amide bonds. The zero-order valence-electron chi connectivity index (χ0n) is 9.36. The Kier molecular flexibility index (Phi) is 2.53. The Bertz CT molecular complexity index is 480. The lowest BCUT2D eigenvalue weighted by molar-refractivity contribution is 0.306. The Hall–Kier alpha value is -1.50. The number of rotatable bonds is 4. The molecule has 0 aromatic heterocycles. The number of benzene rings is 2. The average molecular weight is 212 g/mol. The summed E-state index contributed by atoms with van der Waals surface area (Å²) in [5.41, 5.74) is 0. The van der Waals surface area contributed by atoms with Crippen molar-refractivity contribution in [1.29, 1.82) is 0 Å². The van der Waals surface area contributed by atoms with E-state index in [4.69, 9.17) is 4.74 Å². The number of hydrogen-bond donors (Lipinski definition) is 0. The van der Waals surface area contributed by atoms with Crippen molar-refractivity contribution in [3.05, 3.63) is 42.5 Å². The minimum Gasteiger partial charge on any atom is -0.493 e. The summed E-state index contributed by atoms with van der Waals surface area (Å²) in [6, 6.07) is 14.6. The summed E-state index contributed by atoms with van der Waals surface area (Å²) in [6.07, 6.45) is 4.01. The van der Waals surface area contributed by atoms with Crippen molar-refractivity contribution < 1.29 is 4.74 Å². The highest BCUT2D eigenvalue weighted by molar-refractivity contribution is 5.88. The highest BCUT2D eigenvalue weighted by Crippen LogP contribution is 2.33. The van der Waals surface area contributed by atoms with Crippen LogP contribution in [0.5, 0.6) is 5.75 Å². The van der Waals surface area contributed by atoms with Crippen LogP contribution < -0.4 is 4.74 Å². The van der Waals surface area contributed by atoms with Crippen LogP contribution in [0.25, 0.3) is 10.8 Å². The molecular formula is C15H16O. The molecule has 0 saturated heterocycles. The van der Waals surface area contributed by atoms with E-state index in [1.54, 1.807) is 0 Å². The van der Waals surface area contributed by atoms with Crippen molar-refractivity contribution in [1.82, 2.24) is 0 Å². The first-order valence-electron chi connectivity index (χ1n) is 6.04. The average Bonchev–Trinajstić information content (AvgIpc) is 3.13. The molecule has 0 bridgehead atoms. The lowest BCUT2D eigenvalue weighted by Gasteiger charge is -2.08. The quantitative estimate of drug-likeness (QED) is 0.743. The van der Waals surface area contributed by atoms with E-state index in [0.29, 0.717) is 0 Å². The van der Waals surface area contributed by atoms with E-state index in [1.165, 1.54) is 30.0 Å². The van der Waals surface area contributed by atoms with E-state index < -0.39 is 0 Å². The van der Waals surface area contributed by atoms with Gasteiger partial charge in [0.05, 0.1) is 6.61 Å². The standard InChI is InChI=1S/C15H16O/c1-2-6-14-13(4-1)5-3-7-15(14)16-11-10-12-8-9-12/h1-7,12H,8-11H2. The van der Waals surface area contributed by atoms with Gasteiger partial charge >= 0.3 is 0 Å². The maximum absolute atomic E-state index is 5.87. The van der Waals surface area contributed by atoms with E-state index in [0.717, 1.165) is 18.3 Å². The largest absolute Gasteiger partial charge is 0.493 e. The third-order valence-electron chi connectivity index (χ3n) is 3.23. The van der Waals surface area contributed by atoms with Gasteiger partial charge in [0.1, 0.15) is 5.75 Å². The minimum atomic E-state index is 0.860. The van der Waals surface area contributed by atoms with Gasteiger partial charge in [-0.25, -0.2) is 0 Å². The van der Waals surface area contributed by atoms with Crippen LogP contribution in [0.1, 0.15) is 19.3 Å². The smallest absolute Gasteiger partial charge is 0.127 e. The molecule has 0 radical (unpaired) electrons. The Balaban J connectivity index is 1.79. The zero-order chi connectivity index (χ0) is 10.8. The van der Waals surface area contributed by atoms with E-state index in [1.807, 2.05) is 0 Å². The summed E-state index contributed by atoms with van der Waals surface area (Å²) < 4.78 is 5.87. The van der Waals surface area contributed by atoms with Crippen molar-refractivity contribution in [3.63, 3.8) is 0 Å². The molecule has 0 spiro atoms. The second-order valence-corrected chi connectivity index (χ2v) is 4.56. The molecule has 1 saturated carbocycles. The van der Waals surface area contributed by atoms with Crippen LogP contribution in [0.2, 0.25) is 0 Å². The van der Waals surface area contributed by atoms with E-state index >= 15 is 0 Å². The lowest BCUT2D eigenvalue weighted by atomic mass is 10.1. The molecule has 0 aliphatic heterocycles. The van der Waals surface area contributed by atoms with Crippen LogP contribution in [-0.4, -0.2) is 6.61 Å². The second-order valence-electron chi connectivity index (χ2n) is 4.56. The molecule has 1 fully saturated rings. The molecule has 16 heavy (non-hydrogen) atoms. The summed E-state index contributed by atoms with van der Waals surface area (Å²) in [5, 5.41) is 2.48. The van der Waals surface area contributed by atoms with Gasteiger partial charge in [-0.15, -0.1) is 0 Å². The predicted molar refractivity (Wildman–Crippen MR) is 66.8 cm³/mol. The van der Waals surface area contributed by atoms with Crippen molar-refractivity contribution in [2.75, 3.05) is 6.61 Å². The molecule has 2 aromatic carbocycles. The van der Waals surface area contributed by atoms with Crippen LogP contribution in [0, 0.1) is 5.92 Å². The molecular weight excluding hydrogens is 196 g/mol. The van der Waals surface area contributed by atoms with Crippen LogP contribution in [0.15, 0.2) is 42.5 Å². The SMILES string of the molecule is c1ccc2c(OCCC3CC3)cccc2c1. The monoisotopic (exact) mass is 212 g/mol. The van der Waals surface area contributed by atoms with E-state index in [-0.39, 0.29) is 0 Å². The van der Waals surface area contributed by atoms with Gasteiger partial charge in [-0.05, 0) is 23.8 Å². The first-order valence-corrected chi connectivity index (χ1v) is 6.04. The molecule has 0 N–H and O–H groups in total. The van der Waals surface area contributed by atoms with Crippen LogP contribution >= 0.6 is 0 Å². The van der Waals surface area contributed by atoms with Crippen LogP contribution in [0.3, 0.4) is 0 Å². The third-order valence-corrected chi connectivity index (χ3v) is 3.23. The molecule has 82 valence electrons. The highest BCUT2D eigenvalue weighted by atomic mass is 16.5. The van der Waals surface area contributed by atoms with Gasteiger partial charge < -0.3 is 4.74 Å². The molecule has 3 rings (SSSR count). The fourth-order valence-corrected chi connectivity index (χ4v) is 2.06. The number of ether oxygens (including phenoxy) is 1. The van der Waals surface area contributed by atoms with Crippen molar-refractivity contribution in [2.24, 2.45) is 5.92 Å². The second kappa shape index (κ2) is 4.17. The van der Waals surface area contributed by atoms with Crippen molar-refractivity contribution in [3.8, 4) is 5.75 Å². The summed E-state index contributed by atoms with van der Waals surface area (Å²) >= 11 is 0. The lowest BCUT2D eigenvalue weighted by Crippen LogP contribution is -1.98. The van der Waals surface area contributed by atoms with E-state index in [9.17, 15) is 0 Å².